The summed E-state index contributed by atoms with van der Waals surface area (Å²) in [6, 6.07) is 5.98. The van der Waals surface area contributed by atoms with Crippen molar-refractivity contribution in [3.05, 3.63) is 35.4 Å². The zero-order valence-electron chi connectivity index (χ0n) is 12.3. The fourth-order valence-corrected chi connectivity index (χ4v) is 1.78. The van der Waals surface area contributed by atoms with E-state index < -0.39 is 0 Å². The second-order valence-corrected chi connectivity index (χ2v) is 5.33. The minimum absolute atomic E-state index is 0.124. The molecule has 0 fully saturated rings. The molecule has 1 aromatic rings. The summed E-state index contributed by atoms with van der Waals surface area (Å²) in [6.45, 7) is 8.76. The number of hydrogen-bond acceptors (Lipinski definition) is 3. The molecule has 0 aliphatic carbocycles. The molecule has 0 aliphatic rings. The molecule has 1 unspecified atom stereocenters. The summed E-state index contributed by atoms with van der Waals surface area (Å²) in [6.07, 6.45) is 2.67. The highest BCUT2D eigenvalue weighted by Crippen LogP contribution is 2.27. The predicted octanol–water partition coefficient (Wildman–Crippen LogP) is 3.89. The van der Waals surface area contributed by atoms with Gasteiger partial charge in [-0.25, -0.2) is 0 Å². The number of halogens is 1. The highest BCUT2D eigenvalue weighted by atomic mass is 35.5. The predicted molar refractivity (Wildman–Crippen MR) is 84.7 cm³/mol. The van der Waals surface area contributed by atoms with Gasteiger partial charge in [0.1, 0.15) is 18.1 Å². The Morgan fingerprint density at radius 1 is 1.35 bits per heavy atom. The smallest absolute Gasteiger partial charge is 0.126 e. The van der Waals surface area contributed by atoms with Crippen LogP contribution in [0.5, 0.6) is 11.5 Å². The van der Waals surface area contributed by atoms with Crippen LogP contribution in [0.15, 0.2) is 29.8 Å². The van der Waals surface area contributed by atoms with Gasteiger partial charge in [-0.1, -0.05) is 38.1 Å². The van der Waals surface area contributed by atoms with E-state index in [-0.39, 0.29) is 12.6 Å². The van der Waals surface area contributed by atoms with Crippen LogP contribution >= 0.6 is 11.6 Å². The van der Waals surface area contributed by atoms with Gasteiger partial charge in [-0.3, -0.25) is 0 Å². The molecule has 2 N–H and O–H groups in total. The maximum Gasteiger partial charge on any atom is 0.126 e. The van der Waals surface area contributed by atoms with Gasteiger partial charge in [0.15, 0.2) is 0 Å². The number of nitrogens with two attached hydrogens (primary N) is 1. The van der Waals surface area contributed by atoms with E-state index >= 15 is 0 Å². The Hall–Kier alpha value is -1.19. The van der Waals surface area contributed by atoms with Gasteiger partial charge in [0.05, 0.1) is 6.61 Å². The minimum Gasteiger partial charge on any atom is -0.493 e. The van der Waals surface area contributed by atoms with Crippen molar-refractivity contribution in [3.8, 4) is 11.5 Å². The molecule has 0 spiro atoms. The number of ether oxygens (including phenoxy) is 2. The van der Waals surface area contributed by atoms with Crippen LogP contribution in [0.2, 0.25) is 0 Å². The summed E-state index contributed by atoms with van der Waals surface area (Å²) in [4.78, 5) is 0. The van der Waals surface area contributed by atoms with Crippen molar-refractivity contribution in [2.75, 3.05) is 13.2 Å². The first-order valence-electron chi connectivity index (χ1n) is 7.04. The Bertz CT molecular complexity index is 434. The van der Waals surface area contributed by atoms with Crippen LogP contribution in [0.1, 0.15) is 32.3 Å². The molecule has 0 amide bonds. The van der Waals surface area contributed by atoms with E-state index in [2.05, 4.69) is 20.4 Å². The Kier molecular flexibility index (Phi) is 7.48. The van der Waals surface area contributed by atoms with E-state index in [1.807, 2.05) is 18.2 Å². The number of rotatable bonds is 9. The molecule has 20 heavy (non-hydrogen) atoms. The molecule has 0 saturated carbocycles. The third-order valence-corrected chi connectivity index (χ3v) is 3.01. The number of benzene rings is 1. The second-order valence-electron chi connectivity index (χ2n) is 4.80. The summed E-state index contributed by atoms with van der Waals surface area (Å²) >= 11 is 5.76. The van der Waals surface area contributed by atoms with E-state index in [0.29, 0.717) is 11.6 Å². The maximum atomic E-state index is 6.02. The average Bonchev–Trinajstić information content (AvgIpc) is 2.44. The van der Waals surface area contributed by atoms with E-state index in [4.69, 9.17) is 26.8 Å². The van der Waals surface area contributed by atoms with Crippen molar-refractivity contribution >= 4 is 11.6 Å². The third-order valence-electron chi connectivity index (χ3n) is 2.90. The molecule has 4 heteroatoms. The Labute approximate surface area is 126 Å². The fourth-order valence-electron chi connectivity index (χ4n) is 1.73. The van der Waals surface area contributed by atoms with E-state index in [0.717, 1.165) is 36.3 Å². The normalized spacial score (nSPS) is 12.0. The monoisotopic (exact) mass is 297 g/mol. The van der Waals surface area contributed by atoms with Crippen LogP contribution in [-0.4, -0.2) is 19.3 Å². The second kappa shape index (κ2) is 8.88. The lowest BCUT2D eigenvalue weighted by Gasteiger charge is -2.16. The SMILES string of the molecule is C=C(Cl)COc1cc(OCCC)ccc1CC(N)CC. The summed E-state index contributed by atoms with van der Waals surface area (Å²) in [5.74, 6) is 1.57. The summed E-state index contributed by atoms with van der Waals surface area (Å²) in [5, 5.41) is 0.468. The first kappa shape index (κ1) is 16.9. The van der Waals surface area contributed by atoms with Crippen molar-refractivity contribution in [1.82, 2.24) is 0 Å². The maximum absolute atomic E-state index is 6.02. The fraction of sp³-hybridized carbons (Fsp3) is 0.500. The van der Waals surface area contributed by atoms with Crippen molar-refractivity contribution in [1.29, 1.82) is 0 Å². The summed E-state index contributed by atoms with van der Waals surface area (Å²) in [7, 11) is 0. The van der Waals surface area contributed by atoms with Crippen molar-refractivity contribution in [3.63, 3.8) is 0 Å². The lowest BCUT2D eigenvalue weighted by Crippen LogP contribution is -2.21. The Morgan fingerprint density at radius 3 is 2.70 bits per heavy atom. The van der Waals surface area contributed by atoms with Gasteiger partial charge in [0.2, 0.25) is 0 Å². The Morgan fingerprint density at radius 2 is 2.10 bits per heavy atom. The molecule has 0 heterocycles. The molecule has 112 valence electrons. The Balaban J connectivity index is 2.87. The lowest BCUT2D eigenvalue weighted by atomic mass is 10.0. The van der Waals surface area contributed by atoms with Gasteiger partial charge in [-0.15, -0.1) is 0 Å². The van der Waals surface area contributed by atoms with Crippen LogP contribution < -0.4 is 15.2 Å². The van der Waals surface area contributed by atoms with Crippen molar-refractivity contribution in [2.45, 2.75) is 39.2 Å². The summed E-state index contributed by atoms with van der Waals surface area (Å²) in [5.41, 5.74) is 7.09. The molecule has 1 atom stereocenters. The van der Waals surface area contributed by atoms with Gasteiger partial charge in [-0.2, -0.15) is 0 Å². The van der Waals surface area contributed by atoms with E-state index in [1.165, 1.54) is 0 Å². The van der Waals surface area contributed by atoms with Crippen LogP contribution in [0.3, 0.4) is 0 Å². The van der Waals surface area contributed by atoms with E-state index in [1.54, 1.807) is 0 Å². The molecule has 0 aromatic heterocycles. The largest absolute Gasteiger partial charge is 0.493 e. The lowest BCUT2D eigenvalue weighted by molar-refractivity contribution is 0.310. The first-order chi connectivity index (χ1) is 9.56. The molecular weight excluding hydrogens is 274 g/mol. The van der Waals surface area contributed by atoms with Gasteiger partial charge >= 0.3 is 0 Å². The van der Waals surface area contributed by atoms with Crippen molar-refractivity contribution in [2.24, 2.45) is 5.73 Å². The molecule has 3 nitrogen and oxygen atoms in total. The molecule has 0 saturated heterocycles. The quantitative estimate of drug-likeness (QED) is 0.752. The molecule has 1 aromatic carbocycles. The van der Waals surface area contributed by atoms with Gasteiger partial charge in [0, 0.05) is 17.1 Å². The van der Waals surface area contributed by atoms with Crippen LogP contribution in [0.4, 0.5) is 0 Å². The molecule has 0 aliphatic heterocycles. The van der Waals surface area contributed by atoms with Crippen LogP contribution in [-0.2, 0) is 6.42 Å². The minimum atomic E-state index is 0.124. The molecule has 1 rings (SSSR count). The highest BCUT2D eigenvalue weighted by Gasteiger charge is 2.10. The third kappa shape index (κ3) is 5.85. The zero-order chi connectivity index (χ0) is 15.0. The van der Waals surface area contributed by atoms with Crippen LogP contribution in [0, 0.1) is 0 Å². The number of hydrogen-bond donors (Lipinski definition) is 1. The molecule has 0 bridgehead atoms. The average molecular weight is 298 g/mol. The van der Waals surface area contributed by atoms with Crippen LogP contribution in [0.25, 0.3) is 0 Å². The topological polar surface area (TPSA) is 44.5 Å². The highest BCUT2D eigenvalue weighted by molar-refractivity contribution is 6.29. The van der Waals surface area contributed by atoms with Gasteiger partial charge in [-0.05, 0) is 30.9 Å². The van der Waals surface area contributed by atoms with E-state index in [9.17, 15) is 0 Å². The van der Waals surface area contributed by atoms with Crippen molar-refractivity contribution < 1.29 is 9.47 Å². The zero-order valence-corrected chi connectivity index (χ0v) is 13.1. The van der Waals surface area contributed by atoms with Gasteiger partial charge < -0.3 is 15.2 Å². The van der Waals surface area contributed by atoms with Gasteiger partial charge in [0.25, 0.3) is 0 Å². The molecular formula is C16H24ClNO2. The molecule has 0 radical (unpaired) electrons. The standard InChI is InChI=1S/C16H24ClNO2/c1-4-8-19-15-7-6-13(9-14(18)5-2)16(10-15)20-11-12(3)17/h6-7,10,14H,3-5,8-9,11,18H2,1-2H3. The first-order valence-corrected chi connectivity index (χ1v) is 7.42. The summed E-state index contributed by atoms with van der Waals surface area (Å²) < 4.78 is 11.3.